The molecule has 2 aromatic rings. The number of carbonyl (C=O) groups is 2. The number of nitrogens with one attached hydrogen (secondary N) is 3. The Bertz CT molecular complexity index is 1200. The van der Waals surface area contributed by atoms with Crippen molar-refractivity contribution < 1.29 is 9.59 Å². The Morgan fingerprint density at radius 3 is 2.74 bits per heavy atom. The van der Waals surface area contributed by atoms with Crippen LogP contribution in [0.4, 0.5) is 5.69 Å². The molecule has 8 heteroatoms. The van der Waals surface area contributed by atoms with Crippen molar-refractivity contribution in [3.05, 3.63) is 89.3 Å². The van der Waals surface area contributed by atoms with Gasteiger partial charge in [0.05, 0.1) is 17.6 Å². The quantitative estimate of drug-likeness (QED) is 0.556. The summed E-state index contributed by atoms with van der Waals surface area (Å²) >= 11 is 0. The second-order valence-corrected chi connectivity index (χ2v) is 8.37. The van der Waals surface area contributed by atoms with E-state index in [1.165, 1.54) is 6.08 Å². The minimum Gasteiger partial charge on any atom is -0.349 e. The molecule has 0 atom stereocenters. The summed E-state index contributed by atoms with van der Waals surface area (Å²) in [6.45, 7) is 8.19. The van der Waals surface area contributed by atoms with Crippen LogP contribution in [0, 0.1) is 6.92 Å². The molecule has 2 amide bonds. The molecule has 174 valence electrons. The number of amides is 2. The molecule has 1 aliphatic carbocycles. The molecule has 4 rings (SSSR count). The summed E-state index contributed by atoms with van der Waals surface area (Å²) in [6.07, 6.45) is 5.11. The van der Waals surface area contributed by atoms with E-state index in [4.69, 9.17) is 4.99 Å². The molecule has 0 bridgehead atoms. The van der Waals surface area contributed by atoms with Crippen molar-refractivity contribution >= 4 is 29.7 Å². The number of guanidine groups is 1. The van der Waals surface area contributed by atoms with Gasteiger partial charge in [-0.3, -0.25) is 14.5 Å². The summed E-state index contributed by atoms with van der Waals surface area (Å²) in [5, 5.41) is 9.99. The number of hydrazone groups is 1. The first kappa shape index (κ1) is 23.0. The van der Waals surface area contributed by atoms with Crippen molar-refractivity contribution in [1.29, 1.82) is 0 Å². The lowest BCUT2D eigenvalue weighted by molar-refractivity contribution is -0.116. The van der Waals surface area contributed by atoms with Gasteiger partial charge in [0.25, 0.3) is 5.91 Å². The number of aryl methyl sites for hydroxylation is 1. The highest BCUT2D eigenvalue weighted by Gasteiger charge is 2.24. The van der Waals surface area contributed by atoms with Gasteiger partial charge in [0.15, 0.2) is 0 Å². The molecule has 0 radical (unpaired) electrons. The lowest BCUT2D eigenvalue weighted by Crippen LogP contribution is -2.41. The van der Waals surface area contributed by atoms with Gasteiger partial charge in [-0.15, -0.1) is 0 Å². The van der Waals surface area contributed by atoms with Crippen LogP contribution in [0.3, 0.4) is 0 Å². The molecule has 1 saturated carbocycles. The Hall–Kier alpha value is -4.20. The highest BCUT2D eigenvalue weighted by atomic mass is 16.2. The van der Waals surface area contributed by atoms with Gasteiger partial charge in [0.2, 0.25) is 11.9 Å². The molecule has 3 N–H and O–H groups in total. The maximum Gasteiger partial charge on any atom is 0.251 e. The average molecular weight is 457 g/mol. The average Bonchev–Trinajstić information content (AvgIpc) is 3.64. The lowest BCUT2D eigenvalue weighted by Gasteiger charge is -2.29. The van der Waals surface area contributed by atoms with Gasteiger partial charge in [0, 0.05) is 29.9 Å². The molecule has 0 saturated heterocycles. The number of carbonyl (C=O) groups excluding carboxylic acids is 2. The van der Waals surface area contributed by atoms with Crippen molar-refractivity contribution in [3.8, 4) is 0 Å². The van der Waals surface area contributed by atoms with Crippen LogP contribution >= 0.6 is 0 Å². The lowest BCUT2D eigenvalue weighted by atomic mass is 10.1. The third-order valence-electron chi connectivity index (χ3n) is 5.49. The largest absolute Gasteiger partial charge is 0.349 e. The zero-order valence-corrected chi connectivity index (χ0v) is 19.3. The predicted octanol–water partition coefficient (Wildman–Crippen LogP) is 3.50. The van der Waals surface area contributed by atoms with E-state index in [1.807, 2.05) is 43.3 Å². The smallest absolute Gasteiger partial charge is 0.251 e. The summed E-state index contributed by atoms with van der Waals surface area (Å²) in [7, 11) is 0. The molecule has 0 unspecified atom stereocenters. The van der Waals surface area contributed by atoms with E-state index in [-0.39, 0.29) is 17.9 Å². The first-order valence-electron chi connectivity index (χ1n) is 11.2. The van der Waals surface area contributed by atoms with Crippen molar-refractivity contribution in [2.45, 2.75) is 39.3 Å². The minimum atomic E-state index is -0.231. The normalized spacial score (nSPS) is 16.9. The Balaban J connectivity index is 1.54. The van der Waals surface area contributed by atoms with E-state index in [1.54, 1.807) is 30.2 Å². The highest BCUT2D eigenvalue weighted by molar-refractivity contribution is 5.98. The number of hydrogen-bond donors (Lipinski definition) is 3. The summed E-state index contributed by atoms with van der Waals surface area (Å²) in [4.78, 5) is 31.4. The van der Waals surface area contributed by atoms with Gasteiger partial charge in [-0.05, 0) is 49.9 Å². The molecule has 34 heavy (non-hydrogen) atoms. The van der Waals surface area contributed by atoms with E-state index < -0.39 is 0 Å². The van der Waals surface area contributed by atoms with E-state index in [0.717, 1.165) is 24.0 Å². The monoisotopic (exact) mass is 456 g/mol. The number of aliphatic imine (C=N–C) groups is 1. The van der Waals surface area contributed by atoms with E-state index in [2.05, 4.69) is 27.7 Å². The topological polar surface area (TPSA) is 98.2 Å². The zero-order chi connectivity index (χ0) is 24.1. The summed E-state index contributed by atoms with van der Waals surface area (Å²) < 4.78 is 0. The van der Waals surface area contributed by atoms with E-state index in [0.29, 0.717) is 35.1 Å². The van der Waals surface area contributed by atoms with Gasteiger partial charge < -0.3 is 10.6 Å². The van der Waals surface area contributed by atoms with Gasteiger partial charge in [-0.2, -0.15) is 5.10 Å². The molecule has 2 aliphatic rings. The van der Waals surface area contributed by atoms with E-state index >= 15 is 0 Å². The van der Waals surface area contributed by atoms with E-state index in [9.17, 15) is 9.59 Å². The maximum atomic E-state index is 12.5. The Morgan fingerprint density at radius 2 is 2.00 bits per heavy atom. The first-order valence-corrected chi connectivity index (χ1v) is 11.2. The van der Waals surface area contributed by atoms with Crippen LogP contribution in [0.2, 0.25) is 0 Å². The minimum absolute atomic E-state index is 0.106. The van der Waals surface area contributed by atoms with Crippen molar-refractivity contribution in [1.82, 2.24) is 21.0 Å². The standard InChI is InChI=1S/C26H28N6O2/c1-17-9-10-21(25(34)29-22-11-12-22)14-23(17)30-26-31-28-15-19(3)32(26)18(2)13-24(33)27-16-20-7-5-4-6-8-20/h4-10,13-15,22H,3,11-12,16H2,1-2H3,(H,27,33)(H,29,34)(H,30,31)/b18-13+. The Kier molecular flexibility index (Phi) is 6.87. The Morgan fingerprint density at radius 1 is 1.24 bits per heavy atom. The fraction of sp³-hybridized carbons (Fsp3) is 0.231. The summed E-state index contributed by atoms with van der Waals surface area (Å²) in [6, 6.07) is 15.4. The fourth-order valence-corrected chi connectivity index (χ4v) is 3.45. The van der Waals surface area contributed by atoms with Gasteiger partial charge >= 0.3 is 0 Å². The molecule has 1 aliphatic heterocycles. The number of nitrogens with zero attached hydrogens (tertiary/aromatic N) is 3. The second kappa shape index (κ2) is 10.2. The van der Waals surface area contributed by atoms with Crippen molar-refractivity contribution in [2.24, 2.45) is 10.1 Å². The first-order chi connectivity index (χ1) is 16.4. The summed E-state index contributed by atoms with van der Waals surface area (Å²) in [5.41, 5.74) is 7.16. The van der Waals surface area contributed by atoms with Gasteiger partial charge in [-0.25, -0.2) is 10.4 Å². The van der Waals surface area contributed by atoms with Crippen LogP contribution in [0.15, 0.2) is 82.7 Å². The van der Waals surface area contributed by atoms with Crippen LogP contribution in [0.25, 0.3) is 0 Å². The third kappa shape index (κ3) is 5.78. The maximum absolute atomic E-state index is 12.5. The SMILES string of the molecule is C=C1C=NNC(=Nc2cc(C(=O)NC3CC3)ccc2C)N1/C(C)=C/C(=O)NCc1ccccc1. The molecular weight excluding hydrogens is 428 g/mol. The van der Waals surface area contributed by atoms with Gasteiger partial charge in [-0.1, -0.05) is 43.0 Å². The molecule has 8 nitrogen and oxygen atoms in total. The molecule has 0 spiro atoms. The van der Waals surface area contributed by atoms with Crippen LogP contribution in [-0.4, -0.2) is 34.9 Å². The number of benzene rings is 2. The summed E-state index contributed by atoms with van der Waals surface area (Å²) in [5.74, 6) is 0.0527. The zero-order valence-electron chi connectivity index (χ0n) is 19.3. The van der Waals surface area contributed by atoms with Crippen LogP contribution in [0.1, 0.15) is 41.3 Å². The molecule has 2 aromatic carbocycles. The predicted molar refractivity (Wildman–Crippen MR) is 133 cm³/mol. The van der Waals surface area contributed by atoms with Crippen molar-refractivity contribution in [3.63, 3.8) is 0 Å². The van der Waals surface area contributed by atoms with Crippen LogP contribution < -0.4 is 16.1 Å². The number of allylic oxidation sites excluding steroid dienone is 2. The Labute approximate surface area is 199 Å². The van der Waals surface area contributed by atoms with Crippen molar-refractivity contribution in [2.75, 3.05) is 0 Å². The fourth-order valence-electron chi connectivity index (χ4n) is 3.45. The van der Waals surface area contributed by atoms with Gasteiger partial charge in [0.1, 0.15) is 0 Å². The molecule has 0 aromatic heterocycles. The van der Waals surface area contributed by atoms with Crippen LogP contribution in [0.5, 0.6) is 0 Å². The second-order valence-electron chi connectivity index (χ2n) is 8.37. The molecular formula is C26H28N6O2. The molecule has 1 heterocycles. The number of hydrogen-bond acceptors (Lipinski definition) is 4. The molecule has 1 fully saturated rings. The third-order valence-corrected chi connectivity index (χ3v) is 5.49. The number of rotatable bonds is 7. The van der Waals surface area contributed by atoms with Crippen LogP contribution in [-0.2, 0) is 11.3 Å². The highest BCUT2D eigenvalue weighted by Crippen LogP contribution is 2.24.